The number of nitrogens with zero attached hydrogens (tertiary/aromatic N) is 2. The summed E-state index contributed by atoms with van der Waals surface area (Å²) >= 11 is 0. The third kappa shape index (κ3) is 2.50. The lowest BCUT2D eigenvalue weighted by molar-refractivity contribution is -0.157. The summed E-state index contributed by atoms with van der Waals surface area (Å²) in [6, 6.07) is 0. The topological polar surface area (TPSA) is 109 Å². The molecule has 1 rings (SSSR count). The van der Waals surface area contributed by atoms with Crippen LogP contribution in [-0.4, -0.2) is 45.2 Å². The van der Waals surface area contributed by atoms with Gasteiger partial charge in [-0.05, 0) is 34.6 Å². The van der Waals surface area contributed by atoms with Gasteiger partial charge in [0.25, 0.3) is 5.60 Å². The fourth-order valence-electron chi connectivity index (χ4n) is 1.85. The van der Waals surface area contributed by atoms with Crippen LogP contribution in [0.1, 0.15) is 34.6 Å². The summed E-state index contributed by atoms with van der Waals surface area (Å²) in [6.07, 6.45) is 0. The molecule has 0 fully saturated rings. The van der Waals surface area contributed by atoms with E-state index in [0.717, 1.165) is 0 Å². The monoisotopic (exact) mass is 282 g/mol. The summed E-state index contributed by atoms with van der Waals surface area (Å²) in [5.41, 5.74) is 5.12. The molecule has 0 spiro atoms. The van der Waals surface area contributed by atoms with E-state index in [4.69, 9.17) is 15.0 Å². The number of hydrogen-bond acceptors (Lipinski definition) is 5. The fraction of sp³-hybridized carbons (Fsp3) is 0.615. The van der Waals surface area contributed by atoms with Gasteiger partial charge in [0.1, 0.15) is 5.60 Å². The zero-order chi connectivity index (χ0) is 15.7. The quantitative estimate of drug-likeness (QED) is 0.352. The molecule has 1 atom stereocenters. The number of aliphatic hydroxyl groups is 1. The molecule has 7 heteroatoms. The molecule has 0 aliphatic heterocycles. The van der Waals surface area contributed by atoms with Gasteiger partial charge in [0.05, 0.1) is 6.61 Å². The highest BCUT2D eigenvalue weighted by molar-refractivity contribution is 6.46. The number of ketones is 1. The van der Waals surface area contributed by atoms with Gasteiger partial charge in [-0.25, -0.2) is 4.79 Å². The van der Waals surface area contributed by atoms with Crippen molar-refractivity contribution in [3.8, 4) is 0 Å². The van der Waals surface area contributed by atoms with Crippen molar-refractivity contribution in [1.82, 2.24) is 0 Å². The predicted molar refractivity (Wildman–Crippen MR) is 68.8 cm³/mol. The summed E-state index contributed by atoms with van der Waals surface area (Å²) in [5.74, 6) is -1.93. The standard InChI is InChI=1S/C13H18N2O5/c1-6-19-10-7(2)9(16)13(10,18)8(15-14)11(17)20-12(3,4)5/h18H,6H2,1-5H3. The average molecular weight is 282 g/mol. The Morgan fingerprint density at radius 1 is 1.45 bits per heavy atom. The Morgan fingerprint density at radius 2 is 2.00 bits per heavy atom. The van der Waals surface area contributed by atoms with Gasteiger partial charge < -0.3 is 20.1 Å². The third-order valence-corrected chi connectivity index (χ3v) is 2.66. The summed E-state index contributed by atoms with van der Waals surface area (Å²) < 4.78 is 10.2. The van der Waals surface area contributed by atoms with Crippen LogP contribution in [0, 0.1) is 0 Å². The van der Waals surface area contributed by atoms with Crippen LogP contribution in [0.2, 0.25) is 0 Å². The summed E-state index contributed by atoms with van der Waals surface area (Å²) in [6.45, 7) is 8.12. The minimum atomic E-state index is -2.38. The van der Waals surface area contributed by atoms with Crippen LogP contribution in [0.15, 0.2) is 11.3 Å². The highest BCUT2D eigenvalue weighted by atomic mass is 16.6. The predicted octanol–water partition coefficient (Wildman–Crippen LogP) is 0.623. The zero-order valence-electron chi connectivity index (χ0n) is 12.2. The number of rotatable bonds is 4. The molecule has 0 heterocycles. The second-order valence-electron chi connectivity index (χ2n) is 5.38. The molecule has 0 aromatic rings. The minimum absolute atomic E-state index is 0.0938. The van der Waals surface area contributed by atoms with Crippen molar-refractivity contribution in [1.29, 1.82) is 0 Å². The molecule has 1 N–H and O–H groups in total. The van der Waals surface area contributed by atoms with Crippen molar-refractivity contribution < 1.29 is 29.0 Å². The number of esters is 1. The lowest BCUT2D eigenvalue weighted by Gasteiger charge is -2.34. The van der Waals surface area contributed by atoms with Crippen LogP contribution < -0.4 is 0 Å². The molecular weight excluding hydrogens is 264 g/mol. The van der Waals surface area contributed by atoms with E-state index in [9.17, 15) is 14.7 Å². The molecule has 0 saturated heterocycles. The second-order valence-corrected chi connectivity index (χ2v) is 5.38. The van der Waals surface area contributed by atoms with Crippen LogP contribution in [0.4, 0.5) is 0 Å². The van der Waals surface area contributed by atoms with Gasteiger partial charge in [-0.15, -0.1) is 0 Å². The van der Waals surface area contributed by atoms with Gasteiger partial charge in [0.15, 0.2) is 5.76 Å². The third-order valence-electron chi connectivity index (χ3n) is 2.66. The minimum Gasteiger partial charge on any atom is -0.494 e. The molecule has 20 heavy (non-hydrogen) atoms. The Balaban J connectivity index is 3.18. The van der Waals surface area contributed by atoms with Crippen LogP contribution >= 0.6 is 0 Å². The maximum Gasteiger partial charge on any atom is 0.422 e. The average Bonchev–Trinajstić information content (AvgIpc) is 2.33. The van der Waals surface area contributed by atoms with Crippen molar-refractivity contribution in [2.45, 2.75) is 45.8 Å². The van der Waals surface area contributed by atoms with E-state index in [0.29, 0.717) is 0 Å². The van der Waals surface area contributed by atoms with Crippen molar-refractivity contribution in [3.05, 3.63) is 16.9 Å². The van der Waals surface area contributed by atoms with Gasteiger partial charge in [0, 0.05) is 5.57 Å². The number of Topliss-reactive ketones (excluding diaryl/α,β-unsaturated/α-hetero) is 1. The van der Waals surface area contributed by atoms with Crippen molar-refractivity contribution in [2.24, 2.45) is 0 Å². The van der Waals surface area contributed by atoms with E-state index in [2.05, 4.69) is 4.79 Å². The Hall–Kier alpha value is -1.98. The molecule has 1 aliphatic rings. The number of ether oxygens (including phenoxy) is 2. The van der Waals surface area contributed by atoms with Crippen molar-refractivity contribution in [3.63, 3.8) is 0 Å². The van der Waals surface area contributed by atoms with Gasteiger partial charge in [-0.1, -0.05) is 0 Å². The Kier molecular flexibility index (Phi) is 4.17. The Bertz CT molecular complexity index is 537. The zero-order valence-corrected chi connectivity index (χ0v) is 12.2. The Morgan fingerprint density at radius 3 is 2.40 bits per heavy atom. The lowest BCUT2D eigenvalue weighted by atomic mass is 9.75. The molecule has 0 amide bonds. The summed E-state index contributed by atoms with van der Waals surface area (Å²) in [7, 11) is 0. The maximum absolute atomic E-state index is 11.9. The number of carbonyl (C=O) groups is 2. The first-order valence-electron chi connectivity index (χ1n) is 6.16. The Labute approximate surface area is 116 Å². The molecule has 0 radical (unpaired) electrons. The fourth-order valence-corrected chi connectivity index (χ4v) is 1.85. The number of hydrogen-bond donors (Lipinski definition) is 1. The van der Waals surface area contributed by atoms with Crippen molar-refractivity contribution >= 4 is 17.5 Å². The van der Waals surface area contributed by atoms with E-state index >= 15 is 0 Å². The first kappa shape index (κ1) is 16.1. The summed E-state index contributed by atoms with van der Waals surface area (Å²) in [5, 5.41) is 10.3. The molecule has 1 aliphatic carbocycles. The largest absolute Gasteiger partial charge is 0.494 e. The molecule has 0 aromatic heterocycles. The van der Waals surface area contributed by atoms with Gasteiger partial charge in [-0.2, -0.15) is 4.79 Å². The van der Waals surface area contributed by atoms with Crippen LogP contribution in [0.3, 0.4) is 0 Å². The van der Waals surface area contributed by atoms with Crippen LogP contribution in [0.5, 0.6) is 0 Å². The van der Waals surface area contributed by atoms with Gasteiger partial charge in [0.2, 0.25) is 5.78 Å². The van der Waals surface area contributed by atoms with Crippen LogP contribution in [-0.2, 0) is 19.1 Å². The second kappa shape index (κ2) is 5.19. The molecule has 7 nitrogen and oxygen atoms in total. The van der Waals surface area contributed by atoms with E-state index < -0.39 is 28.7 Å². The van der Waals surface area contributed by atoms with Crippen molar-refractivity contribution in [2.75, 3.05) is 6.61 Å². The lowest BCUT2D eigenvalue weighted by Crippen LogP contribution is -2.60. The van der Waals surface area contributed by atoms with E-state index in [1.165, 1.54) is 6.92 Å². The smallest absolute Gasteiger partial charge is 0.422 e. The van der Waals surface area contributed by atoms with E-state index in [1.54, 1.807) is 27.7 Å². The van der Waals surface area contributed by atoms with Crippen LogP contribution in [0.25, 0.3) is 5.53 Å². The number of carbonyl (C=O) groups excluding carboxylic acids is 2. The maximum atomic E-state index is 11.9. The first-order valence-corrected chi connectivity index (χ1v) is 6.16. The molecule has 110 valence electrons. The molecule has 0 saturated carbocycles. The molecular formula is C13H18N2O5. The molecule has 1 unspecified atom stereocenters. The van der Waals surface area contributed by atoms with Gasteiger partial charge in [-0.3, -0.25) is 4.79 Å². The first-order chi connectivity index (χ1) is 9.09. The van der Waals surface area contributed by atoms with E-state index in [1.807, 2.05) is 0 Å². The highest BCUT2D eigenvalue weighted by Crippen LogP contribution is 2.37. The van der Waals surface area contributed by atoms with Gasteiger partial charge >= 0.3 is 11.7 Å². The SMILES string of the molecule is CCOC1=C(C)C(=O)C1(O)C(=[N+]=[N-])C(=O)OC(C)(C)C. The molecule has 0 bridgehead atoms. The highest BCUT2D eigenvalue weighted by Gasteiger charge is 2.65. The normalized spacial score (nSPS) is 22.0. The van der Waals surface area contributed by atoms with E-state index in [-0.39, 0.29) is 17.9 Å². The molecule has 0 aromatic carbocycles. The summed E-state index contributed by atoms with van der Waals surface area (Å²) in [4.78, 5) is 26.5.